The molecule has 0 aliphatic carbocycles. The van der Waals surface area contributed by atoms with Gasteiger partial charge in [0.15, 0.2) is 17.1 Å². The number of amides is 1. The molecule has 1 N–H and O–H groups in total. The van der Waals surface area contributed by atoms with Crippen molar-refractivity contribution in [2.75, 3.05) is 37.4 Å². The number of nitrogens with one attached hydrogen (secondary N) is 1. The fourth-order valence-corrected chi connectivity index (χ4v) is 5.98. The van der Waals surface area contributed by atoms with Crippen molar-refractivity contribution in [3.05, 3.63) is 36.4 Å². The first-order valence-corrected chi connectivity index (χ1v) is 13.1. The first-order chi connectivity index (χ1) is 16.0. The van der Waals surface area contributed by atoms with E-state index in [1.807, 2.05) is 0 Å². The summed E-state index contributed by atoms with van der Waals surface area (Å²) in [5, 5.41) is 3.11. The summed E-state index contributed by atoms with van der Waals surface area (Å²) in [4.78, 5) is 16.9. The van der Waals surface area contributed by atoms with Crippen molar-refractivity contribution in [3.63, 3.8) is 0 Å². The van der Waals surface area contributed by atoms with Gasteiger partial charge >= 0.3 is 0 Å². The van der Waals surface area contributed by atoms with Gasteiger partial charge in [0, 0.05) is 24.8 Å². The van der Waals surface area contributed by atoms with Crippen molar-refractivity contribution in [3.8, 4) is 11.5 Å². The predicted molar refractivity (Wildman–Crippen MR) is 123 cm³/mol. The molecule has 0 unspecified atom stereocenters. The lowest BCUT2D eigenvalue weighted by Gasteiger charge is -2.25. The minimum absolute atomic E-state index is 0.0835. The number of rotatable bonds is 6. The Labute approximate surface area is 195 Å². The number of thioether (sulfide) groups is 1. The number of aromatic nitrogens is 1. The van der Waals surface area contributed by atoms with Crippen LogP contribution in [0.2, 0.25) is 0 Å². The van der Waals surface area contributed by atoms with Crippen molar-refractivity contribution >= 4 is 44.5 Å². The van der Waals surface area contributed by atoms with Crippen LogP contribution in [-0.4, -0.2) is 55.7 Å². The molecule has 9 nitrogen and oxygen atoms in total. The molecule has 11 heteroatoms. The maximum atomic E-state index is 12.9. The molecule has 1 saturated heterocycles. The Hall–Kier alpha value is -2.76. The van der Waals surface area contributed by atoms with Crippen molar-refractivity contribution in [2.45, 2.75) is 29.4 Å². The van der Waals surface area contributed by atoms with E-state index in [-0.39, 0.29) is 16.6 Å². The Balaban J connectivity index is 1.23. The molecule has 2 aliphatic rings. The number of nitrogens with zero attached hydrogens (tertiary/aromatic N) is 2. The van der Waals surface area contributed by atoms with Crippen LogP contribution >= 0.6 is 11.8 Å². The molecule has 0 radical (unpaired) electrons. The highest BCUT2D eigenvalue weighted by Crippen LogP contribution is 2.33. The average Bonchev–Trinajstić information content (AvgIpc) is 3.25. The van der Waals surface area contributed by atoms with E-state index >= 15 is 0 Å². The summed E-state index contributed by atoms with van der Waals surface area (Å²) in [6.45, 7) is 2.06. The van der Waals surface area contributed by atoms with Gasteiger partial charge in [-0.2, -0.15) is 4.31 Å². The molecule has 1 aromatic heterocycles. The maximum absolute atomic E-state index is 12.9. The van der Waals surface area contributed by atoms with Gasteiger partial charge in [-0.25, -0.2) is 13.4 Å². The molecular weight excluding hydrogens is 466 g/mol. The summed E-state index contributed by atoms with van der Waals surface area (Å²) in [5.41, 5.74) is 1.53. The summed E-state index contributed by atoms with van der Waals surface area (Å²) in [6.07, 6.45) is 2.80. The van der Waals surface area contributed by atoms with Gasteiger partial charge < -0.3 is 19.2 Å². The fourth-order valence-electron chi connectivity index (χ4n) is 3.81. The highest BCUT2D eigenvalue weighted by Gasteiger charge is 2.26. The first-order valence-electron chi connectivity index (χ1n) is 10.7. The molecule has 0 bridgehead atoms. The molecule has 2 aliphatic heterocycles. The number of oxazole rings is 1. The van der Waals surface area contributed by atoms with Gasteiger partial charge in [-0.05, 0) is 43.2 Å². The molecular formula is C22H23N3O6S2. The van der Waals surface area contributed by atoms with Crippen LogP contribution in [-0.2, 0) is 14.8 Å². The largest absolute Gasteiger partial charge is 0.486 e. The third-order valence-corrected chi connectivity index (χ3v) is 8.17. The minimum Gasteiger partial charge on any atom is -0.486 e. The number of carbonyl (C=O) groups is 1. The van der Waals surface area contributed by atoms with Crippen LogP contribution in [0.5, 0.6) is 11.5 Å². The second-order valence-corrected chi connectivity index (χ2v) is 10.6. The van der Waals surface area contributed by atoms with Crippen molar-refractivity contribution in [1.82, 2.24) is 9.29 Å². The number of piperidine rings is 1. The Kier molecular flexibility index (Phi) is 6.17. The van der Waals surface area contributed by atoms with Gasteiger partial charge in [0.2, 0.25) is 15.9 Å². The smallest absolute Gasteiger partial charge is 0.257 e. The lowest BCUT2D eigenvalue weighted by Crippen LogP contribution is -2.35. The lowest BCUT2D eigenvalue weighted by atomic mass is 10.2. The number of hydrogen-bond donors (Lipinski definition) is 1. The zero-order chi connectivity index (χ0) is 22.8. The molecule has 0 saturated carbocycles. The highest BCUT2D eigenvalue weighted by molar-refractivity contribution is 7.99. The summed E-state index contributed by atoms with van der Waals surface area (Å²) in [6, 6.07) is 9.91. The van der Waals surface area contributed by atoms with Crippen molar-refractivity contribution < 1.29 is 27.1 Å². The van der Waals surface area contributed by atoms with Gasteiger partial charge in [-0.1, -0.05) is 18.2 Å². The minimum atomic E-state index is -3.55. The molecule has 3 aromatic rings. The highest BCUT2D eigenvalue weighted by atomic mass is 32.2. The van der Waals surface area contributed by atoms with Crippen LogP contribution in [0.25, 0.3) is 11.1 Å². The molecule has 0 spiro atoms. The van der Waals surface area contributed by atoms with E-state index in [4.69, 9.17) is 13.9 Å². The van der Waals surface area contributed by atoms with Gasteiger partial charge in [0.25, 0.3) is 5.22 Å². The molecule has 5 rings (SSSR count). The van der Waals surface area contributed by atoms with Gasteiger partial charge in [0.1, 0.15) is 18.7 Å². The van der Waals surface area contributed by atoms with Gasteiger partial charge in [-0.3, -0.25) is 4.79 Å². The van der Waals surface area contributed by atoms with E-state index < -0.39 is 10.0 Å². The Morgan fingerprint density at radius 3 is 2.64 bits per heavy atom. The quantitative estimate of drug-likeness (QED) is 0.524. The monoisotopic (exact) mass is 489 g/mol. The van der Waals surface area contributed by atoms with Crippen molar-refractivity contribution in [2.24, 2.45) is 0 Å². The number of hydrogen-bond acceptors (Lipinski definition) is 8. The SMILES string of the molecule is O=C(CSc1nc2cc(S(=O)(=O)N3CCCCC3)ccc2o1)Nc1ccc2c(c1)OCCO2. The number of anilines is 1. The second-order valence-electron chi connectivity index (χ2n) is 7.77. The van der Waals surface area contributed by atoms with Gasteiger partial charge in [-0.15, -0.1) is 0 Å². The Morgan fingerprint density at radius 2 is 1.82 bits per heavy atom. The van der Waals surface area contributed by atoms with Crippen LogP contribution in [0.3, 0.4) is 0 Å². The number of fused-ring (bicyclic) bond motifs is 2. The Bertz CT molecular complexity index is 1280. The zero-order valence-electron chi connectivity index (χ0n) is 17.8. The van der Waals surface area contributed by atoms with Crippen LogP contribution in [0, 0.1) is 0 Å². The predicted octanol–water partition coefficient (Wildman–Crippen LogP) is 3.50. The van der Waals surface area contributed by atoms with Crippen LogP contribution < -0.4 is 14.8 Å². The molecule has 0 atom stereocenters. The molecule has 174 valence electrons. The number of carbonyl (C=O) groups excluding carboxylic acids is 1. The molecule has 33 heavy (non-hydrogen) atoms. The van der Waals surface area contributed by atoms with E-state index in [1.54, 1.807) is 30.3 Å². The summed E-state index contributed by atoms with van der Waals surface area (Å²) in [5.74, 6) is 1.11. The number of benzene rings is 2. The average molecular weight is 490 g/mol. The third-order valence-electron chi connectivity index (χ3n) is 5.44. The fraction of sp³-hybridized carbons (Fsp3) is 0.364. The standard InChI is InChI=1S/C22H23N3O6S2/c26-21(23-15-4-6-19-20(12-15)30-11-10-29-19)14-32-22-24-17-13-16(5-7-18(17)31-22)33(27,28)25-8-2-1-3-9-25/h4-7,12-13H,1-3,8-11,14H2,(H,23,26). The number of sulfonamides is 1. The van der Waals surface area contributed by atoms with E-state index in [1.165, 1.54) is 10.4 Å². The van der Waals surface area contributed by atoms with E-state index in [0.717, 1.165) is 31.0 Å². The van der Waals surface area contributed by atoms with E-state index in [0.29, 0.717) is 59.8 Å². The normalized spacial score (nSPS) is 16.6. The topological polar surface area (TPSA) is 111 Å². The molecule has 1 amide bonds. The Morgan fingerprint density at radius 1 is 1.03 bits per heavy atom. The van der Waals surface area contributed by atoms with Gasteiger partial charge in [0.05, 0.1) is 10.6 Å². The van der Waals surface area contributed by atoms with Crippen LogP contribution in [0.4, 0.5) is 5.69 Å². The lowest BCUT2D eigenvalue weighted by molar-refractivity contribution is -0.113. The third kappa shape index (κ3) is 4.80. The first kappa shape index (κ1) is 22.1. The second kappa shape index (κ2) is 9.24. The summed E-state index contributed by atoms with van der Waals surface area (Å²) in [7, 11) is -3.55. The van der Waals surface area contributed by atoms with Crippen LogP contribution in [0.15, 0.2) is 50.9 Å². The maximum Gasteiger partial charge on any atom is 0.257 e. The molecule has 2 aromatic carbocycles. The van der Waals surface area contributed by atoms with Crippen LogP contribution in [0.1, 0.15) is 19.3 Å². The molecule has 1 fully saturated rings. The van der Waals surface area contributed by atoms with E-state index in [9.17, 15) is 13.2 Å². The van der Waals surface area contributed by atoms with Crippen molar-refractivity contribution in [1.29, 1.82) is 0 Å². The zero-order valence-corrected chi connectivity index (χ0v) is 19.4. The van der Waals surface area contributed by atoms with E-state index in [2.05, 4.69) is 10.3 Å². The summed E-state index contributed by atoms with van der Waals surface area (Å²) >= 11 is 1.14. The number of ether oxygens (including phenoxy) is 2. The molecule has 3 heterocycles. The summed E-state index contributed by atoms with van der Waals surface area (Å²) < 4.78 is 44.0.